The second-order valence-electron chi connectivity index (χ2n) is 10.2. The normalized spacial score (nSPS) is 15.8. The number of benzene rings is 1. The Morgan fingerprint density at radius 1 is 1.06 bits per heavy atom. The molecule has 0 radical (unpaired) electrons. The van der Waals surface area contributed by atoms with E-state index >= 15 is 0 Å². The molecule has 1 aromatic rings. The quantitative estimate of drug-likeness (QED) is 0.455. The number of hydrogen-bond donors (Lipinski definition) is 2. The number of terminal acetylenes is 2. The van der Waals surface area contributed by atoms with Crippen molar-refractivity contribution in [2.45, 2.75) is 90.4 Å². The number of carbonyl (C=O) groups excluding carboxylic acids is 3. The largest absolute Gasteiger partial charge is 0.444 e. The van der Waals surface area contributed by atoms with Crippen molar-refractivity contribution < 1.29 is 19.1 Å². The molecule has 1 fully saturated rings. The molecule has 1 aromatic carbocycles. The number of nitrogens with one attached hydrogen (secondary N) is 2. The molecule has 2 N–H and O–H groups in total. The average molecular weight is 480 g/mol. The molecule has 1 aliphatic rings. The second kappa shape index (κ2) is 12.3. The van der Waals surface area contributed by atoms with Gasteiger partial charge in [0.25, 0.3) is 5.91 Å². The molecule has 0 heterocycles. The Hall–Kier alpha value is -3.45. The van der Waals surface area contributed by atoms with Gasteiger partial charge in [-0.1, -0.05) is 57.6 Å². The van der Waals surface area contributed by atoms with Crippen LogP contribution in [-0.2, 0) is 14.3 Å². The molecular formula is C28H37N3O4. The molecule has 0 saturated heterocycles. The van der Waals surface area contributed by atoms with Crippen molar-refractivity contribution in [1.82, 2.24) is 15.5 Å². The SMILES string of the molecule is C#Cc1ccc(C(C(=O)NC2CCCCC2)N(C#C)C(=O)C(NC(=O)OC(C)(C)C)C(C)C)cc1. The third-order valence-corrected chi connectivity index (χ3v) is 5.83. The smallest absolute Gasteiger partial charge is 0.408 e. The Morgan fingerprint density at radius 2 is 1.66 bits per heavy atom. The van der Waals surface area contributed by atoms with E-state index in [-0.39, 0.29) is 17.9 Å². The summed E-state index contributed by atoms with van der Waals surface area (Å²) in [6.45, 7) is 8.77. The molecule has 1 saturated carbocycles. The zero-order valence-corrected chi connectivity index (χ0v) is 21.4. The number of rotatable bonds is 7. The van der Waals surface area contributed by atoms with Gasteiger partial charge in [-0.15, -0.1) is 6.42 Å². The summed E-state index contributed by atoms with van der Waals surface area (Å²) < 4.78 is 5.33. The van der Waals surface area contributed by atoms with Crippen LogP contribution < -0.4 is 10.6 Å². The molecule has 35 heavy (non-hydrogen) atoms. The van der Waals surface area contributed by atoms with Gasteiger partial charge in [0.05, 0.1) is 0 Å². The van der Waals surface area contributed by atoms with Gasteiger partial charge < -0.3 is 15.4 Å². The molecule has 188 valence electrons. The molecule has 2 rings (SSSR count). The Balaban J connectivity index is 2.38. The lowest BCUT2D eigenvalue weighted by Crippen LogP contribution is -2.54. The zero-order valence-electron chi connectivity index (χ0n) is 21.4. The average Bonchev–Trinajstić information content (AvgIpc) is 2.80. The number of nitrogens with zero attached hydrogens (tertiary/aromatic N) is 1. The van der Waals surface area contributed by atoms with Crippen LogP contribution in [0.15, 0.2) is 24.3 Å². The summed E-state index contributed by atoms with van der Waals surface area (Å²) in [6, 6.07) is 7.15. The van der Waals surface area contributed by atoms with Crippen LogP contribution in [0.2, 0.25) is 0 Å². The summed E-state index contributed by atoms with van der Waals surface area (Å²) in [5, 5.41) is 5.70. The van der Waals surface area contributed by atoms with Crippen LogP contribution in [0, 0.1) is 30.7 Å². The lowest BCUT2D eigenvalue weighted by atomic mass is 9.94. The standard InChI is InChI=1S/C28H37N3O4/c1-8-20-15-17-21(18-16-20)24(25(32)29-22-13-11-10-12-14-22)31(9-2)26(33)23(19(3)4)30-27(34)35-28(5,6)7/h1-2,15-19,22-24H,10-14H2,3-7H3,(H,29,32)(H,30,34). The van der Waals surface area contributed by atoms with Gasteiger partial charge in [0.15, 0.2) is 0 Å². The lowest BCUT2D eigenvalue weighted by Gasteiger charge is -2.33. The number of hydrogen-bond acceptors (Lipinski definition) is 4. The van der Waals surface area contributed by atoms with Crippen molar-refractivity contribution in [2.75, 3.05) is 0 Å². The van der Waals surface area contributed by atoms with Crippen molar-refractivity contribution in [2.24, 2.45) is 5.92 Å². The van der Waals surface area contributed by atoms with Crippen molar-refractivity contribution >= 4 is 17.9 Å². The van der Waals surface area contributed by atoms with Crippen LogP contribution in [0.3, 0.4) is 0 Å². The molecule has 7 nitrogen and oxygen atoms in total. The van der Waals surface area contributed by atoms with Crippen LogP contribution in [0.4, 0.5) is 4.79 Å². The molecule has 0 spiro atoms. The molecule has 7 heteroatoms. The molecular weight excluding hydrogens is 442 g/mol. The molecule has 0 aromatic heterocycles. The fourth-order valence-corrected chi connectivity index (χ4v) is 4.07. The zero-order chi connectivity index (χ0) is 26.2. The van der Waals surface area contributed by atoms with Crippen molar-refractivity contribution in [3.63, 3.8) is 0 Å². The van der Waals surface area contributed by atoms with Crippen LogP contribution in [0.5, 0.6) is 0 Å². The van der Waals surface area contributed by atoms with Gasteiger partial charge in [-0.2, -0.15) is 0 Å². The third kappa shape index (κ3) is 8.07. The van der Waals surface area contributed by atoms with Crippen LogP contribution in [0.25, 0.3) is 0 Å². The van der Waals surface area contributed by atoms with Gasteiger partial charge in [-0.05, 0) is 57.2 Å². The van der Waals surface area contributed by atoms with Gasteiger partial charge >= 0.3 is 6.09 Å². The first-order chi connectivity index (χ1) is 16.5. The third-order valence-electron chi connectivity index (χ3n) is 5.83. The first kappa shape index (κ1) is 27.8. The van der Waals surface area contributed by atoms with Crippen molar-refractivity contribution in [3.05, 3.63) is 35.4 Å². The molecule has 2 atom stereocenters. The van der Waals surface area contributed by atoms with Crippen LogP contribution in [0.1, 0.15) is 83.9 Å². The minimum absolute atomic E-state index is 0.0271. The predicted molar refractivity (Wildman–Crippen MR) is 136 cm³/mol. The minimum Gasteiger partial charge on any atom is -0.444 e. The summed E-state index contributed by atoms with van der Waals surface area (Å²) in [5.74, 6) is 1.30. The Morgan fingerprint density at radius 3 is 2.14 bits per heavy atom. The van der Waals surface area contributed by atoms with Crippen molar-refractivity contribution in [3.8, 4) is 24.8 Å². The maximum absolute atomic E-state index is 13.7. The molecule has 1 aliphatic carbocycles. The maximum atomic E-state index is 13.7. The van der Waals surface area contributed by atoms with Crippen molar-refractivity contribution in [1.29, 1.82) is 0 Å². The number of amides is 3. The van der Waals surface area contributed by atoms with Gasteiger partial charge in [0.2, 0.25) is 5.91 Å². The van der Waals surface area contributed by atoms with E-state index in [1.165, 1.54) is 0 Å². The minimum atomic E-state index is -1.08. The highest BCUT2D eigenvalue weighted by Gasteiger charge is 2.37. The summed E-state index contributed by atoms with van der Waals surface area (Å²) in [7, 11) is 0. The van der Waals surface area contributed by atoms with E-state index < -0.39 is 29.7 Å². The molecule has 0 bridgehead atoms. The van der Waals surface area contributed by atoms with Gasteiger partial charge in [-0.25, -0.2) is 4.79 Å². The van der Waals surface area contributed by atoms with E-state index in [2.05, 4.69) is 22.6 Å². The summed E-state index contributed by atoms with van der Waals surface area (Å²) in [4.78, 5) is 40.7. The van der Waals surface area contributed by atoms with E-state index in [0.29, 0.717) is 11.1 Å². The monoisotopic (exact) mass is 479 g/mol. The molecule has 0 aliphatic heterocycles. The van der Waals surface area contributed by atoms with E-state index in [9.17, 15) is 14.4 Å². The van der Waals surface area contributed by atoms with Gasteiger partial charge in [0, 0.05) is 17.6 Å². The van der Waals surface area contributed by atoms with Gasteiger partial charge in [-0.3, -0.25) is 14.5 Å². The van der Waals surface area contributed by atoms with Gasteiger partial charge in [0.1, 0.15) is 17.7 Å². The number of ether oxygens (including phenoxy) is 1. The Bertz CT molecular complexity index is 973. The van der Waals surface area contributed by atoms with E-state index in [1.54, 1.807) is 58.9 Å². The number of alkyl carbamates (subject to hydrolysis) is 1. The molecule has 3 amide bonds. The lowest BCUT2D eigenvalue weighted by molar-refractivity contribution is -0.139. The predicted octanol–water partition coefficient (Wildman–Crippen LogP) is 4.13. The Labute approximate surface area is 209 Å². The fraction of sp³-hybridized carbons (Fsp3) is 0.536. The fourth-order valence-electron chi connectivity index (χ4n) is 4.07. The van der Waals surface area contributed by atoms with Crippen LogP contribution in [-0.4, -0.2) is 40.5 Å². The van der Waals surface area contributed by atoms with Crippen LogP contribution >= 0.6 is 0 Å². The maximum Gasteiger partial charge on any atom is 0.408 e. The topological polar surface area (TPSA) is 87.7 Å². The summed E-state index contributed by atoms with van der Waals surface area (Å²) in [6.07, 6.45) is 15.5. The highest BCUT2D eigenvalue weighted by Crippen LogP contribution is 2.25. The first-order valence-electron chi connectivity index (χ1n) is 12.1. The summed E-state index contributed by atoms with van der Waals surface area (Å²) >= 11 is 0. The van der Waals surface area contributed by atoms with E-state index in [0.717, 1.165) is 37.0 Å². The highest BCUT2D eigenvalue weighted by atomic mass is 16.6. The highest BCUT2D eigenvalue weighted by molar-refractivity contribution is 5.93. The van der Waals surface area contributed by atoms with E-state index in [4.69, 9.17) is 17.6 Å². The number of carbonyl (C=O) groups is 3. The van der Waals surface area contributed by atoms with E-state index in [1.807, 2.05) is 0 Å². The summed E-state index contributed by atoms with van der Waals surface area (Å²) in [5.41, 5.74) is 0.440. The second-order valence-corrected chi connectivity index (χ2v) is 10.2. The Kier molecular flexibility index (Phi) is 9.78. The first-order valence-corrected chi connectivity index (χ1v) is 12.1. The molecule has 2 unspecified atom stereocenters.